The summed E-state index contributed by atoms with van der Waals surface area (Å²) in [4.78, 5) is 11.9. The van der Waals surface area contributed by atoms with Gasteiger partial charge in [0.15, 0.2) is 0 Å². The van der Waals surface area contributed by atoms with Crippen molar-refractivity contribution in [1.82, 2.24) is 10.6 Å². The molecular formula is C16H25FN2O. The number of nitrogens with one attached hydrogen (secondary N) is 2. The Morgan fingerprint density at radius 2 is 1.75 bits per heavy atom. The van der Waals surface area contributed by atoms with Gasteiger partial charge in [-0.1, -0.05) is 26.0 Å². The molecule has 0 bridgehead atoms. The summed E-state index contributed by atoms with van der Waals surface area (Å²) in [7, 11) is 0. The Balaban J connectivity index is 2.39. The van der Waals surface area contributed by atoms with Crippen molar-refractivity contribution in [3.05, 3.63) is 35.6 Å². The molecule has 1 rings (SSSR count). The molecule has 0 heterocycles. The van der Waals surface area contributed by atoms with Crippen LogP contribution in [0.4, 0.5) is 4.39 Å². The van der Waals surface area contributed by atoms with E-state index in [4.69, 9.17) is 0 Å². The standard InChI is InChI=1S/C16H25FN2O/c1-11(2)10-18-16(20)13(4)19-12(3)9-14-5-7-15(17)8-6-14/h5-8,11-13,19H,9-10H2,1-4H3,(H,18,20). The first-order valence-corrected chi connectivity index (χ1v) is 7.16. The van der Waals surface area contributed by atoms with Crippen LogP contribution in [0.2, 0.25) is 0 Å². The Hall–Kier alpha value is -1.42. The number of rotatable bonds is 7. The van der Waals surface area contributed by atoms with Gasteiger partial charge in [-0.3, -0.25) is 4.79 Å². The quantitative estimate of drug-likeness (QED) is 0.806. The smallest absolute Gasteiger partial charge is 0.236 e. The molecule has 0 fully saturated rings. The van der Waals surface area contributed by atoms with E-state index in [9.17, 15) is 9.18 Å². The third-order valence-corrected chi connectivity index (χ3v) is 3.07. The minimum Gasteiger partial charge on any atom is -0.354 e. The highest BCUT2D eigenvalue weighted by Crippen LogP contribution is 2.06. The van der Waals surface area contributed by atoms with E-state index in [0.29, 0.717) is 12.5 Å². The maximum atomic E-state index is 12.8. The summed E-state index contributed by atoms with van der Waals surface area (Å²) in [6.45, 7) is 8.70. The number of hydrogen-bond donors (Lipinski definition) is 2. The summed E-state index contributed by atoms with van der Waals surface area (Å²) in [5.41, 5.74) is 1.06. The van der Waals surface area contributed by atoms with E-state index in [1.807, 2.05) is 13.8 Å². The number of halogens is 1. The van der Waals surface area contributed by atoms with Crippen LogP contribution in [0.25, 0.3) is 0 Å². The van der Waals surface area contributed by atoms with Gasteiger partial charge >= 0.3 is 0 Å². The Kier molecular flexibility index (Phi) is 6.65. The second-order valence-corrected chi connectivity index (χ2v) is 5.76. The molecule has 2 unspecified atom stereocenters. The lowest BCUT2D eigenvalue weighted by Crippen LogP contribution is -2.47. The van der Waals surface area contributed by atoms with Crippen molar-refractivity contribution in [1.29, 1.82) is 0 Å². The molecule has 0 saturated carbocycles. The van der Waals surface area contributed by atoms with Crippen molar-refractivity contribution in [2.24, 2.45) is 5.92 Å². The maximum Gasteiger partial charge on any atom is 0.236 e. The number of carbonyl (C=O) groups is 1. The van der Waals surface area contributed by atoms with Gasteiger partial charge in [0.05, 0.1) is 6.04 Å². The molecule has 2 atom stereocenters. The summed E-state index contributed by atoms with van der Waals surface area (Å²) < 4.78 is 12.8. The molecule has 3 nitrogen and oxygen atoms in total. The van der Waals surface area contributed by atoms with E-state index in [1.165, 1.54) is 12.1 Å². The summed E-state index contributed by atoms with van der Waals surface area (Å²) in [6, 6.07) is 6.39. The van der Waals surface area contributed by atoms with E-state index >= 15 is 0 Å². The molecule has 0 aliphatic rings. The van der Waals surface area contributed by atoms with Crippen LogP contribution < -0.4 is 10.6 Å². The fourth-order valence-corrected chi connectivity index (χ4v) is 1.99. The number of carbonyl (C=O) groups excluding carboxylic acids is 1. The van der Waals surface area contributed by atoms with Gasteiger partial charge in [0.25, 0.3) is 0 Å². The Morgan fingerprint density at radius 1 is 1.15 bits per heavy atom. The average molecular weight is 280 g/mol. The molecular weight excluding hydrogens is 255 g/mol. The SMILES string of the molecule is CC(C)CNC(=O)C(C)NC(C)Cc1ccc(F)cc1. The fourth-order valence-electron chi connectivity index (χ4n) is 1.99. The largest absolute Gasteiger partial charge is 0.354 e. The number of benzene rings is 1. The van der Waals surface area contributed by atoms with Gasteiger partial charge in [0.1, 0.15) is 5.82 Å². The van der Waals surface area contributed by atoms with E-state index in [1.54, 1.807) is 12.1 Å². The van der Waals surface area contributed by atoms with Gasteiger partial charge in [-0.2, -0.15) is 0 Å². The Bertz CT molecular complexity index is 417. The highest BCUT2D eigenvalue weighted by molar-refractivity contribution is 5.81. The maximum absolute atomic E-state index is 12.8. The Labute approximate surface area is 121 Å². The fraction of sp³-hybridized carbons (Fsp3) is 0.562. The molecule has 1 aromatic carbocycles. The van der Waals surface area contributed by atoms with Crippen LogP contribution in [0.5, 0.6) is 0 Å². The van der Waals surface area contributed by atoms with Crippen molar-refractivity contribution < 1.29 is 9.18 Å². The first-order chi connectivity index (χ1) is 9.38. The molecule has 112 valence electrons. The molecule has 0 radical (unpaired) electrons. The van der Waals surface area contributed by atoms with E-state index in [0.717, 1.165) is 12.0 Å². The zero-order valence-electron chi connectivity index (χ0n) is 12.7. The molecule has 0 aromatic heterocycles. The van der Waals surface area contributed by atoms with Crippen LogP contribution in [0, 0.1) is 11.7 Å². The normalized spacial score (nSPS) is 14.1. The molecule has 20 heavy (non-hydrogen) atoms. The van der Waals surface area contributed by atoms with Crippen LogP contribution in [0.1, 0.15) is 33.3 Å². The molecule has 0 aliphatic carbocycles. The van der Waals surface area contributed by atoms with Crippen LogP contribution in [-0.2, 0) is 11.2 Å². The molecule has 4 heteroatoms. The lowest BCUT2D eigenvalue weighted by molar-refractivity contribution is -0.123. The van der Waals surface area contributed by atoms with Gasteiger partial charge in [0, 0.05) is 12.6 Å². The highest BCUT2D eigenvalue weighted by Gasteiger charge is 2.15. The lowest BCUT2D eigenvalue weighted by Gasteiger charge is -2.20. The minimum absolute atomic E-state index is 0.0182. The lowest BCUT2D eigenvalue weighted by atomic mass is 10.1. The van der Waals surface area contributed by atoms with Crippen molar-refractivity contribution >= 4 is 5.91 Å². The van der Waals surface area contributed by atoms with Gasteiger partial charge < -0.3 is 10.6 Å². The van der Waals surface area contributed by atoms with E-state index in [-0.39, 0.29) is 23.8 Å². The summed E-state index contributed by atoms with van der Waals surface area (Å²) >= 11 is 0. The summed E-state index contributed by atoms with van der Waals surface area (Å²) in [5.74, 6) is 0.239. The molecule has 2 N–H and O–H groups in total. The van der Waals surface area contributed by atoms with Crippen molar-refractivity contribution in [3.8, 4) is 0 Å². The zero-order chi connectivity index (χ0) is 15.1. The predicted octanol–water partition coefficient (Wildman–Crippen LogP) is 2.51. The van der Waals surface area contributed by atoms with E-state index in [2.05, 4.69) is 24.5 Å². The predicted molar refractivity (Wildman–Crippen MR) is 80.0 cm³/mol. The summed E-state index contributed by atoms with van der Waals surface area (Å²) in [6.07, 6.45) is 0.766. The third-order valence-electron chi connectivity index (χ3n) is 3.07. The van der Waals surface area contributed by atoms with Gasteiger partial charge in [-0.15, -0.1) is 0 Å². The monoisotopic (exact) mass is 280 g/mol. The molecule has 0 saturated heterocycles. The van der Waals surface area contributed by atoms with Gasteiger partial charge in [-0.25, -0.2) is 4.39 Å². The van der Waals surface area contributed by atoms with Crippen molar-refractivity contribution in [2.45, 2.75) is 46.2 Å². The first-order valence-electron chi connectivity index (χ1n) is 7.16. The molecule has 0 aliphatic heterocycles. The van der Waals surface area contributed by atoms with Crippen LogP contribution >= 0.6 is 0 Å². The zero-order valence-corrected chi connectivity index (χ0v) is 12.7. The van der Waals surface area contributed by atoms with Crippen LogP contribution in [0.15, 0.2) is 24.3 Å². The van der Waals surface area contributed by atoms with Gasteiger partial charge in [-0.05, 0) is 43.9 Å². The van der Waals surface area contributed by atoms with Gasteiger partial charge in [0.2, 0.25) is 5.91 Å². The average Bonchev–Trinajstić information content (AvgIpc) is 2.38. The molecule has 1 amide bonds. The molecule has 0 spiro atoms. The third kappa shape index (κ3) is 6.15. The van der Waals surface area contributed by atoms with Crippen molar-refractivity contribution in [3.63, 3.8) is 0 Å². The summed E-state index contributed by atoms with van der Waals surface area (Å²) in [5, 5.41) is 6.17. The second-order valence-electron chi connectivity index (χ2n) is 5.76. The molecule has 1 aromatic rings. The topological polar surface area (TPSA) is 41.1 Å². The Morgan fingerprint density at radius 3 is 2.30 bits per heavy atom. The first kappa shape index (κ1) is 16.6. The second kappa shape index (κ2) is 8.00. The number of hydrogen-bond acceptors (Lipinski definition) is 2. The number of amides is 1. The van der Waals surface area contributed by atoms with Crippen molar-refractivity contribution in [2.75, 3.05) is 6.54 Å². The minimum atomic E-state index is -0.232. The highest BCUT2D eigenvalue weighted by atomic mass is 19.1. The van der Waals surface area contributed by atoms with Crippen LogP contribution in [-0.4, -0.2) is 24.5 Å². The van der Waals surface area contributed by atoms with Crippen LogP contribution in [0.3, 0.4) is 0 Å². The van der Waals surface area contributed by atoms with E-state index < -0.39 is 0 Å².